The molecule has 0 unspecified atom stereocenters. The first-order chi connectivity index (χ1) is 14.9. The maximum absolute atomic E-state index is 13.1. The summed E-state index contributed by atoms with van der Waals surface area (Å²) in [5.41, 5.74) is 6.17. The summed E-state index contributed by atoms with van der Waals surface area (Å²) in [6.45, 7) is 6.24. The molecule has 0 spiro atoms. The summed E-state index contributed by atoms with van der Waals surface area (Å²) in [7, 11) is 0. The van der Waals surface area contributed by atoms with Crippen LogP contribution in [0.2, 0.25) is 0 Å². The monoisotopic (exact) mass is 417 g/mol. The summed E-state index contributed by atoms with van der Waals surface area (Å²) in [4.78, 5) is 26.4. The van der Waals surface area contributed by atoms with E-state index in [1.165, 1.54) is 17.7 Å². The van der Waals surface area contributed by atoms with Crippen molar-refractivity contribution in [2.24, 2.45) is 0 Å². The van der Waals surface area contributed by atoms with Gasteiger partial charge in [0.25, 0.3) is 5.91 Å². The highest BCUT2D eigenvalue weighted by molar-refractivity contribution is 6.14. The predicted octanol–water partition coefficient (Wildman–Crippen LogP) is 4.89. The van der Waals surface area contributed by atoms with Gasteiger partial charge in [0.15, 0.2) is 0 Å². The second kappa shape index (κ2) is 8.22. The van der Waals surface area contributed by atoms with Crippen molar-refractivity contribution in [1.29, 1.82) is 0 Å². The van der Waals surface area contributed by atoms with Crippen molar-refractivity contribution < 1.29 is 14.0 Å². The van der Waals surface area contributed by atoms with Gasteiger partial charge in [-0.05, 0) is 67.3 Å². The SMILES string of the molecule is CCc1ccccc1-n1c(C)cc(/C=C2\NC(=O)N(Cc3ccc(F)cc3)C2=O)c1C. The molecule has 1 saturated heterocycles. The summed E-state index contributed by atoms with van der Waals surface area (Å²) >= 11 is 0. The Balaban J connectivity index is 1.64. The lowest BCUT2D eigenvalue weighted by Gasteiger charge is -2.14. The van der Waals surface area contributed by atoms with Crippen molar-refractivity contribution in [3.63, 3.8) is 0 Å². The number of hydrogen-bond acceptors (Lipinski definition) is 2. The molecule has 1 aliphatic rings. The van der Waals surface area contributed by atoms with Gasteiger partial charge in [-0.2, -0.15) is 0 Å². The van der Waals surface area contributed by atoms with Gasteiger partial charge in [0.1, 0.15) is 11.5 Å². The second-order valence-electron chi connectivity index (χ2n) is 7.65. The molecule has 0 bridgehead atoms. The molecule has 1 N–H and O–H groups in total. The topological polar surface area (TPSA) is 54.3 Å². The van der Waals surface area contributed by atoms with Crippen molar-refractivity contribution in [3.8, 4) is 5.69 Å². The number of aryl methyl sites for hydroxylation is 2. The predicted molar refractivity (Wildman–Crippen MR) is 118 cm³/mol. The largest absolute Gasteiger partial charge is 0.329 e. The fourth-order valence-electron chi connectivity index (χ4n) is 3.98. The number of carbonyl (C=O) groups excluding carboxylic acids is 2. The number of urea groups is 1. The van der Waals surface area contributed by atoms with Crippen LogP contribution >= 0.6 is 0 Å². The third kappa shape index (κ3) is 3.89. The molecule has 1 fully saturated rings. The number of nitrogens with zero attached hydrogens (tertiary/aromatic N) is 2. The molecule has 0 radical (unpaired) electrons. The Hall–Kier alpha value is -3.67. The molecule has 0 aliphatic carbocycles. The molecular formula is C25H24FN3O2. The third-order valence-corrected chi connectivity index (χ3v) is 5.60. The van der Waals surface area contributed by atoms with Crippen LogP contribution in [0.5, 0.6) is 0 Å². The van der Waals surface area contributed by atoms with E-state index in [9.17, 15) is 14.0 Å². The molecule has 31 heavy (non-hydrogen) atoms. The maximum atomic E-state index is 13.1. The van der Waals surface area contributed by atoms with Gasteiger partial charge in [0.2, 0.25) is 0 Å². The molecule has 2 aromatic carbocycles. The third-order valence-electron chi connectivity index (χ3n) is 5.60. The van der Waals surface area contributed by atoms with Crippen LogP contribution in [0.25, 0.3) is 11.8 Å². The van der Waals surface area contributed by atoms with Gasteiger partial charge in [0, 0.05) is 17.1 Å². The first-order valence-electron chi connectivity index (χ1n) is 10.2. The lowest BCUT2D eigenvalue weighted by molar-refractivity contribution is -0.123. The highest BCUT2D eigenvalue weighted by atomic mass is 19.1. The van der Waals surface area contributed by atoms with Crippen LogP contribution in [-0.2, 0) is 17.8 Å². The molecule has 5 nitrogen and oxygen atoms in total. The number of para-hydroxylation sites is 1. The van der Waals surface area contributed by atoms with Gasteiger partial charge in [-0.3, -0.25) is 9.69 Å². The number of rotatable bonds is 5. The summed E-state index contributed by atoms with van der Waals surface area (Å²) in [5, 5.41) is 2.67. The van der Waals surface area contributed by atoms with Crippen LogP contribution in [0, 0.1) is 19.7 Å². The molecule has 4 rings (SSSR count). The van der Waals surface area contributed by atoms with Gasteiger partial charge >= 0.3 is 6.03 Å². The van der Waals surface area contributed by atoms with Crippen molar-refractivity contribution in [3.05, 3.63) is 94.2 Å². The lowest BCUT2D eigenvalue weighted by Crippen LogP contribution is -2.30. The molecule has 6 heteroatoms. The van der Waals surface area contributed by atoms with Crippen LogP contribution in [0.15, 0.2) is 60.3 Å². The summed E-state index contributed by atoms with van der Waals surface area (Å²) in [6, 6.07) is 15.5. The number of benzene rings is 2. The fraction of sp³-hybridized carbons (Fsp3) is 0.200. The van der Waals surface area contributed by atoms with E-state index in [1.807, 2.05) is 32.0 Å². The minimum atomic E-state index is -0.481. The molecule has 0 atom stereocenters. The average molecular weight is 417 g/mol. The van der Waals surface area contributed by atoms with E-state index in [2.05, 4.69) is 28.9 Å². The molecule has 1 aromatic heterocycles. The smallest absolute Gasteiger partial charge is 0.318 e. The van der Waals surface area contributed by atoms with Crippen LogP contribution in [0.3, 0.4) is 0 Å². The first kappa shape index (κ1) is 20.6. The zero-order chi connectivity index (χ0) is 22.1. The second-order valence-corrected chi connectivity index (χ2v) is 7.65. The molecule has 3 amide bonds. The molecule has 0 saturated carbocycles. The van der Waals surface area contributed by atoms with E-state index in [1.54, 1.807) is 18.2 Å². The van der Waals surface area contributed by atoms with Crippen molar-refractivity contribution in [1.82, 2.24) is 14.8 Å². The maximum Gasteiger partial charge on any atom is 0.329 e. The number of aromatic nitrogens is 1. The summed E-state index contributed by atoms with van der Waals surface area (Å²) in [6.07, 6.45) is 2.63. The summed E-state index contributed by atoms with van der Waals surface area (Å²) < 4.78 is 15.3. The molecule has 1 aliphatic heterocycles. The fourth-order valence-corrected chi connectivity index (χ4v) is 3.98. The molecule has 2 heterocycles. The van der Waals surface area contributed by atoms with Gasteiger partial charge < -0.3 is 9.88 Å². The van der Waals surface area contributed by atoms with E-state index in [0.29, 0.717) is 5.56 Å². The quantitative estimate of drug-likeness (QED) is 0.475. The number of halogens is 1. The van der Waals surface area contributed by atoms with E-state index in [-0.39, 0.29) is 18.1 Å². The Morgan fingerprint density at radius 1 is 1.03 bits per heavy atom. The van der Waals surface area contributed by atoms with Crippen molar-refractivity contribution in [2.75, 3.05) is 0 Å². The number of imide groups is 1. The molecular weight excluding hydrogens is 393 g/mol. The number of nitrogens with one attached hydrogen (secondary N) is 1. The minimum absolute atomic E-state index is 0.0885. The first-order valence-corrected chi connectivity index (χ1v) is 10.2. The Morgan fingerprint density at radius 3 is 2.45 bits per heavy atom. The van der Waals surface area contributed by atoms with Crippen LogP contribution < -0.4 is 5.32 Å². The van der Waals surface area contributed by atoms with Gasteiger partial charge in [-0.1, -0.05) is 37.3 Å². The van der Waals surface area contributed by atoms with Gasteiger partial charge in [0.05, 0.1) is 6.54 Å². The normalized spacial score (nSPS) is 15.1. The lowest BCUT2D eigenvalue weighted by atomic mass is 10.1. The number of hydrogen-bond donors (Lipinski definition) is 1. The van der Waals surface area contributed by atoms with E-state index < -0.39 is 11.9 Å². The Bertz CT molecular complexity index is 1190. The van der Waals surface area contributed by atoms with Crippen molar-refractivity contribution >= 4 is 18.0 Å². The van der Waals surface area contributed by atoms with Crippen LogP contribution in [0.1, 0.15) is 35.0 Å². The van der Waals surface area contributed by atoms with E-state index >= 15 is 0 Å². The Labute approximate surface area is 180 Å². The van der Waals surface area contributed by atoms with E-state index in [4.69, 9.17) is 0 Å². The zero-order valence-corrected chi connectivity index (χ0v) is 17.8. The highest BCUT2D eigenvalue weighted by Crippen LogP contribution is 2.26. The van der Waals surface area contributed by atoms with Crippen LogP contribution in [-0.4, -0.2) is 21.4 Å². The average Bonchev–Trinajstić information content (AvgIpc) is 3.18. The molecule has 3 aromatic rings. The zero-order valence-electron chi connectivity index (χ0n) is 17.8. The van der Waals surface area contributed by atoms with E-state index in [0.717, 1.165) is 34.0 Å². The minimum Gasteiger partial charge on any atom is -0.318 e. The summed E-state index contributed by atoms with van der Waals surface area (Å²) in [5.74, 6) is -0.755. The Kier molecular flexibility index (Phi) is 5.46. The van der Waals surface area contributed by atoms with Gasteiger partial charge in [-0.25, -0.2) is 9.18 Å². The molecule has 158 valence electrons. The Morgan fingerprint density at radius 2 is 1.74 bits per heavy atom. The number of amides is 3. The van der Waals surface area contributed by atoms with Crippen LogP contribution in [0.4, 0.5) is 9.18 Å². The van der Waals surface area contributed by atoms with Gasteiger partial charge in [-0.15, -0.1) is 0 Å². The standard InChI is InChI=1S/C25H24FN3O2/c1-4-19-7-5-6-8-23(19)29-16(2)13-20(17(29)3)14-22-24(30)28(25(31)27-22)15-18-9-11-21(26)12-10-18/h5-14H,4,15H2,1-3H3,(H,27,31)/b22-14-. The highest BCUT2D eigenvalue weighted by Gasteiger charge is 2.33. The number of carbonyl (C=O) groups is 2. The van der Waals surface area contributed by atoms with Crippen molar-refractivity contribution in [2.45, 2.75) is 33.7 Å².